The van der Waals surface area contributed by atoms with Gasteiger partial charge in [0.2, 0.25) is 0 Å². The first-order valence-electron chi connectivity index (χ1n) is 11.0. The van der Waals surface area contributed by atoms with Crippen molar-refractivity contribution in [3.05, 3.63) is 90.0 Å². The van der Waals surface area contributed by atoms with Crippen molar-refractivity contribution >= 4 is 5.97 Å². The van der Waals surface area contributed by atoms with Crippen LogP contribution in [0.4, 0.5) is 0 Å². The molecule has 4 heteroatoms. The lowest BCUT2D eigenvalue weighted by Crippen LogP contribution is -2.39. The molecule has 1 unspecified atom stereocenters. The maximum absolute atomic E-state index is 11.4. The molecule has 0 aromatic heterocycles. The standard InChI is InChI=1S/C27H29NO3/c1-2-31-25-11-7-6-10-24(25)26(28-18-16-23(17-19-28)27(29)30)22-14-12-21(13-15-22)20-8-4-3-5-9-20/h3-15,23,26H,2,16-19H2,1H3,(H,29,30). The van der Waals surface area contributed by atoms with E-state index in [1.165, 1.54) is 16.7 Å². The Hall–Kier alpha value is -3.11. The van der Waals surface area contributed by atoms with E-state index in [0.29, 0.717) is 19.4 Å². The molecule has 0 bridgehead atoms. The van der Waals surface area contributed by atoms with E-state index in [1.54, 1.807) is 0 Å². The second-order valence-electron chi connectivity index (χ2n) is 8.01. The predicted octanol–water partition coefficient (Wildman–Crippen LogP) is 5.64. The lowest BCUT2D eigenvalue weighted by atomic mass is 9.90. The van der Waals surface area contributed by atoms with E-state index < -0.39 is 5.97 Å². The maximum Gasteiger partial charge on any atom is 0.306 e. The lowest BCUT2D eigenvalue weighted by molar-refractivity contribution is -0.143. The van der Waals surface area contributed by atoms with Gasteiger partial charge in [-0.3, -0.25) is 9.69 Å². The summed E-state index contributed by atoms with van der Waals surface area (Å²) < 4.78 is 5.96. The number of para-hydroxylation sites is 1. The summed E-state index contributed by atoms with van der Waals surface area (Å²) in [4.78, 5) is 13.8. The molecule has 1 N–H and O–H groups in total. The molecule has 3 aromatic rings. The van der Waals surface area contributed by atoms with Crippen LogP contribution in [0.25, 0.3) is 11.1 Å². The first-order valence-corrected chi connectivity index (χ1v) is 11.0. The smallest absolute Gasteiger partial charge is 0.306 e. The quantitative estimate of drug-likeness (QED) is 0.543. The van der Waals surface area contributed by atoms with Crippen molar-refractivity contribution in [3.63, 3.8) is 0 Å². The molecule has 1 heterocycles. The summed E-state index contributed by atoms with van der Waals surface area (Å²) >= 11 is 0. The van der Waals surface area contributed by atoms with Gasteiger partial charge < -0.3 is 9.84 Å². The van der Waals surface area contributed by atoms with E-state index in [1.807, 2.05) is 31.2 Å². The van der Waals surface area contributed by atoms with Crippen LogP contribution >= 0.6 is 0 Å². The van der Waals surface area contributed by atoms with Crippen molar-refractivity contribution in [2.24, 2.45) is 5.92 Å². The van der Waals surface area contributed by atoms with Gasteiger partial charge in [0, 0.05) is 5.56 Å². The predicted molar refractivity (Wildman–Crippen MR) is 123 cm³/mol. The second-order valence-corrected chi connectivity index (χ2v) is 8.01. The number of aliphatic carboxylic acids is 1. The van der Waals surface area contributed by atoms with Gasteiger partial charge in [-0.15, -0.1) is 0 Å². The van der Waals surface area contributed by atoms with E-state index in [2.05, 4.69) is 59.5 Å². The molecule has 0 aliphatic carbocycles. The Morgan fingerprint density at radius 1 is 0.935 bits per heavy atom. The third-order valence-electron chi connectivity index (χ3n) is 6.09. The SMILES string of the molecule is CCOc1ccccc1C(c1ccc(-c2ccccc2)cc1)N1CCC(C(=O)O)CC1. The van der Waals surface area contributed by atoms with Crippen LogP contribution in [0.5, 0.6) is 5.75 Å². The highest BCUT2D eigenvalue weighted by atomic mass is 16.5. The first kappa shape index (κ1) is 21.1. The molecule has 0 radical (unpaired) electrons. The summed E-state index contributed by atoms with van der Waals surface area (Å²) in [5.41, 5.74) is 4.71. The maximum atomic E-state index is 11.4. The molecular weight excluding hydrogens is 386 g/mol. The minimum atomic E-state index is -0.682. The van der Waals surface area contributed by atoms with E-state index in [9.17, 15) is 9.90 Å². The van der Waals surface area contributed by atoms with Crippen LogP contribution in [-0.2, 0) is 4.79 Å². The van der Waals surface area contributed by atoms with Crippen molar-refractivity contribution in [2.45, 2.75) is 25.8 Å². The molecule has 1 aliphatic rings. The second kappa shape index (κ2) is 9.80. The fourth-order valence-electron chi connectivity index (χ4n) is 4.47. The van der Waals surface area contributed by atoms with Crippen LogP contribution in [0.1, 0.15) is 36.9 Å². The molecule has 1 fully saturated rings. The van der Waals surface area contributed by atoms with Gasteiger partial charge in [0.1, 0.15) is 5.75 Å². The van der Waals surface area contributed by atoms with Crippen LogP contribution in [0.3, 0.4) is 0 Å². The van der Waals surface area contributed by atoms with Gasteiger partial charge >= 0.3 is 5.97 Å². The van der Waals surface area contributed by atoms with E-state index in [0.717, 1.165) is 24.4 Å². The van der Waals surface area contributed by atoms with Crippen LogP contribution in [0, 0.1) is 5.92 Å². The summed E-state index contributed by atoms with van der Waals surface area (Å²) in [5, 5.41) is 9.41. The Balaban J connectivity index is 1.68. The van der Waals surface area contributed by atoms with Crippen LogP contribution < -0.4 is 4.74 Å². The largest absolute Gasteiger partial charge is 0.494 e. The molecule has 4 nitrogen and oxygen atoms in total. The molecule has 1 aliphatic heterocycles. The van der Waals surface area contributed by atoms with Crippen LogP contribution in [0.15, 0.2) is 78.9 Å². The van der Waals surface area contributed by atoms with Gasteiger partial charge in [-0.05, 0) is 55.6 Å². The number of carboxylic acids is 1. The monoisotopic (exact) mass is 415 g/mol. The van der Waals surface area contributed by atoms with Crippen molar-refractivity contribution in [1.29, 1.82) is 0 Å². The summed E-state index contributed by atoms with van der Waals surface area (Å²) in [6.45, 7) is 4.11. The number of likely N-dealkylation sites (tertiary alicyclic amines) is 1. The van der Waals surface area contributed by atoms with Crippen LogP contribution in [-0.4, -0.2) is 35.7 Å². The number of hydrogen-bond donors (Lipinski definition) is 1. The summed E-state index contributed by atoms with van der Waals surface area (Å²) in [5.74, 6) is -0.0416. The van der Waals surface area contributed by atoms with Crippen molar-refractivity contribution < 1.29 is 14.6 Å². The van der Waals surface area contributed by atoms with Gasteiger partial charge in [0.15, 0.2) is 0 Å². The van der Waals surface area contributed by atoms with Crippen molar-refractivity contribution in [1.82, 2.24) is 4.90 Å². The third-order valence-corrected chi connectivity index (χ3v) is 6.09. The number of hydrogen-bond acceptors (Lipinski definition) is 3. The number of benzene rings is 3. The highest BCUT2D eigenvalue weighted by Gasteiger charge is 2.31. The normalized spacial score (nSPS) is 16.0. The zero-order valence-electron chi connectivity index (χ0n) is 17.9. The van der Waals surface area contributed by atoms with Crippen molar-refractivity contribution in [3.8, 4) is 16.9 Å². The van der Waals surface area contributed by atoms with Gasteiger partial charge in [-0.25, -0.2) is 0 Å². The Labute approximate surface area is 184 Å². The topological polar surface area (TPSA) is 49.8 Å². The molecule has 31 heavy (non-hydrogen) atoms. The van der Waals surface area contributed by atoms with Crippen molar-refractivity contribution in [2.75, 3.05) is 19.7 Å². The number of nitrogens with zero attached hydrogens (tertiary/aromatic N) is 1. The fourth-order valence-corrected chi connectivity index (χ4v) is 4.47. The summed E-state index contributed by atoms with van der Waals surface area (Å²) in [6.07, 6.45) is 1.34. The number of carbonyl (C=O) groups is 1. The zero-order chi connectivity index (χ0) is 21.6. The van der Waals surface area contributed by atoms with Gasteiger partial charge in [0.25, 0.3) is 0 Å². The Kier molecular flexibility index (Phi) is 6.68. The molecule has 4 rings (SSSR count). The molecule has 0 saturated carbocycles. The molecule has 160 valence electrons. The highest BCUT2D eigenvalue weighted by Crippen LogP contribution is 2.37. The number of piperidine rings is 1. The van der Waals surface area contributed by atoms with Gasteiger partial charge in [-0.2, -0.15) is 0 Å². The highest BCUT2D eigenvalue weighted by molar-refractivity contribution is 5.70. The number of rotatable bonds is 7. The molecule has 1 saturated heterocycles. The molecule has 3 aromatic carbocycles. The zero-order valence-corrected chi connectivity index (χ0v) is 17.9. The van der Waals surface area contributed by atoms with E-state index >= 15 is 0 Å². The Morgan fingerprint density at radius 2 is 1.55 bits per heavy atom. The molecule has 0 spiro atoms. The Bertz CT molecular complexity index is 993. The summed E-state index contributed by atoms with van der Waals surface area (Å²) in [7, 11) is 0. The summed E-state index contributed by atoms with van der Waals surface area (Å²) in [6, 6.07) is 27.3. The fraction of sp³-hybridized carbons (Fsp3) is 0.296. The Morgan fingerprint density at radius 3 is 2.19 bits per heavy atom. The molecular formula is C27H29NO3. The minimum absolute atomic E-state index is 0.0299. The number of carboxylic acid groups (broad SMARTS) is 1. The average Bonchev–Trinajstić information content (AvgIpc) is 2.82. The lowest BCUT2D eigenvalue weighted by Gasteiger charge is -2.37. The van der Waals surface area contributed by atoms with E-state index in [4.69, 9.17) is 4.74 Å². The van der Waals surface area contributed by atoms with E-state index in [-0.39, 0.29) is 12.0 Å². The van der Waals surface area contributed by atoms with Gasteiger partial charge in [-0.1, -0.05) is 72.8 Å². The molecule has 0 amide bonds. The van der Waals surface area contributed by atoms with Gasteiger partial charge in [0.05, 0.1) is 18.6 Å². The third kappa shape index (κ3) is 4.80. The molecule has 1 atom stereocenters. The minimum Gasteiger partial charge on any atom is -0.494 e. The average molecular weight is 416 g/mol. The van der Waals surface area contributed by atoms with Crippen LogP contribution in [0.2, 0.25) is 0 Å². The first-order chi connectivity index (χ1) is 15.2. The number of ether oxygens (including phenoxy) is 1.